The number of rotatable bonds is 5. The SMILES string of the molecule is CCCCCC[C@@H]1[C@H]2[NH+]=C(N)N[C@H]3CC[C@@H](C[C@H]1C)[C@@H]23. The van der Waals surface area contributed by atoms with E-state index in [1.54, 1.807) is 0 Å². The minimum Gasteiger partial charge on any atom is -0.291 e. The summed E-state index contributed by atoms with van der Waals surface area (Å²) in [5.74, 6) is 4.29. The van der Waals surface area contributed by atoms with E-state index in [0.29, 0.717) is 12.1 Å². The summed E-state index contributed by atoms with van der Waals surface area (Å²) in [5.41, 5.74) is 6.10. The summed E-state index contributed by atoms with van der Waals surface area (Å²) in [6, 6.07) is 1.29. The third-order valence-electron chi connectivity index (χ3n) is 6.19. The molecule has 2 saturated carbocycles. The van der Waals surface area contributed by atoms with E-state index < -0.39 is 0 Å². The lowest BCUT2D eigenvalue weighted by Gasteiger charge is -2.44. The van der Waals surface area contributed by atoms with Gasteiger partial charge < -0.3 is 0 Å². The average molecular weight is 278 g/mol. The molecule has 0 bridgehead atoms. The third-order valence-corrected chi connectivity index (χ3v) is 6.19. The topological polar surface area (TPSA) is 52.0 Å². The molecule has 6 atom stereocenters. The van der Waals surface area contributed by atoms with Crippen LogP contribution < -0.4 is 16.0 Å². The van der Waals surface area contributed by atoms with E-state index in [2.05, 4.69) is 24.2 Å². The molecule has 3 aliphatic rings. The van der Waals surface area contributed by atoms with Crippen molar-refractivity contribution in [2.45, 2.75) is 77.3 Å². The molecular weight excluding hydrogens is 246 g/mol. The first-order valence-electron chi connectivity index (χ1n) is 8.86. The molecule has 3 heteroatoms. The highest BCUT2D eigenvalue weighted by Crippen LogP contribution is 2.47. The number of guanidine groups is 1. The number of unbranched alkanes of at least 4 members (excludes halogenated alkanes) is 3. The van der Waals surface area contributed by atoms with E-state index in [-0.39, 0.29) is 0 Å². The zero-order valence-corrected chi connectivity index (χ0v) is 13.2. The molecule has 1 heterocycles. The lowest BCUT2D eigenvalue weighted by atomic mass is 9.64. The molecule has 0 amide bonds. The monoisotopic (exact) mass is 278 g/mol. The van der Waals surface area contributed by atoms with Gasteiger partial charge in [-0.15, -0.1) is 0 Å². The maximum Gasteiger partial charge on any atom is 0.341 e. The van der Waals surface area contributed by atoms with Gasteiger partial charge in [-0.2, -0.15) is 0 Å². The lowest BCUT2D eigenvalue weighted by Crippen LogP contribution is -2.92. The molecule has 0 radical (unpaired) electrons. The predicted molar refractivity (Wildman–Crippen MR) is 83.1 cm³/mol. The molecule has 114 valence electrons. The van der Waals surface area contributed by atoms with Gasteiger partial charge in [0.25, 0.3) is 0 Å². The van der Waals surface area contributed by atoms with Gasteiger partial charge in [-0.1, -0.05) is 39.5 Å². The summed E-state index contributed by atoms with van der Waals surface area (Å²) < 4.78 is 0. The van der Waals surface area contributed by atoms with Gasteiger partial charge >= 0.3 is 5.96 Å². The van der Waals surface area contributed by atoms with E-state index in [4.69, 9.17) is 5.73 Å². The quantitative estimate of drug-likeness (QED) is 0.665. The van der Waals surface area contributed by atoms with Gasteiger partial charge in [0.15, 0.2) is 0 Å². The van der Waals surface area contributed by atoms with Crippen LogP contribution in [0.25, 0.3) is 0 Å². The highest BCUT2D eigenvalue weighted by molar-refractivity contribution is 5.72. The Bertz CT molecular complexity index is 365. The van der Waals surface area contributed by atoms with Crippen LogP contribution in [0.15, 0.2) is 0 Å². The fourth-order valence-corrected chi connectivity index (χ4v) is 5.28. The molecule has 0 aromatic rings. The first-order chi connectivity index (χ1) is 9.70. The number of hydrogen-bond donors (Lipinski definition) is 3. The molecule has 20 heavy (non-hydrogen) atoms. The van der Waals surface area contributed by atoms with E-state index in [9.17, 15) is 0 Å². The van der Waals surface area contributed by atoms with Gasteiger partial charge in [0.05, 0.1) is 12.1 Å². The number of hydrogen-bond acceptors (Lipinski definition) is 2. The van der Waals surface area contributed by atoms with Crippen molar-refractivity contribution < 1.29 is 4.99 Å². The Balaban J connectivity index is 1.70. The fourth-order valence-electron chi connectivity index (χ4n) is 5.28. The Kier molecular flexibility index (Phi) is 4.23. The molecule has 0 unspecified atom stereocenters. The van der Waals surface area contributed by atoms with Crippen LogP contribution in [0.5, 0.6) is 0 Å². The van der Waals surface area contributed by atoms with E-state index in [1.165, 1.54) is 51.4 Å². The van der Waals surface area contributed by atoms with Gasteiger partial charge in [0.1, 0.15) is 0 Å². The van der Waals surface area contributed by atoms with Crippen LogP contribution in [0.3, 0.4) is 0 Å². The highest BCUT2D eigenvalue weighted by atomic mass is 15.2. The summed E-state index contributed by atoms with van der Waals surface area (Å²) >= 11 is 0. The Morgan fingerprint density at radius 3 is 2.90 bits per heavy atom. The third kappa shape index (κ3) is 2.56. The maximum atomic E-state index is 6.10. The Morgan fingerprint density at radius 2 is 2.10 bits per heavy atom. The fraction of sp³-hybridized carbons (Fsp3) is 0.941. The summed E-state index contributed by atoms with van der Waals surface area (Å²) in [7, 11) is 0. The number of nitrogens with one attached hydrogen (secondary N) is 2. The molecule has 4 N–H and O–H groups in total. The van der Waals surface area contributed by atoms with Crippen molar-refractivity contribution in [2.24, 2.45) is 29.4 Å². The molecule has 0 aromatic heterocycles. The minimum absolute atomic E-state index is 0.638. The zero-order valence-electron chi connectivity index (χ0n) is 13.2. The van der Waals surface area contributed by atoms with Crippen LogP contribution in [0.2, 0.25) is 0 Å². The number of nitrogens with two attached hydrogens (primary N) is 1. The van der Waals surface area contributed by atoms with Gasteiger partial charge in [0.2, 0.25) is 0 Å². The lowest BCUT2D eigenvalue weighted by molar-refractivity contribution is -0.543. The summed E-state index contributed by atoms with van der Waals surface area (Å²) in [6.07, 6.45) is 11.1. The van der Waals surface area contributed by atoms with Gasteiger partial charge in [-0.05, 0) is 43.4 Å². The molecule has 2 fully saturated rings. The largest absolute Gasteiger partial charge is 0.341 e. The van der Waals surface area contributed by atoms with Crippen LogP contribution in [0.1, 0.15) is 65.2 Å². The second-order valence-corrected chi connectivity index (χ2v) is 7.48. The molecule has 2 aliphatic carbocycles. The smallest absolute Gasteiger partial charge is 0.291 e. The van der Waals surface area contributed by atoms with Crippen LogP contribution in [-0.2, 0) is 0 Å². The van der Waals surface area contributed by atoms with Crippen molar-refractivity contribution in [3.63, 3.8) is 0 Å². The summed E-state index contributed by atoms with van der Waals surface area (Å²) in [5, 5.41) is 3.50. The van der Waals surface area contributed by atoms with Crippen LogP contribution >= 0.6 is 0 Å². The van der Waals surface area contributed by atoms with E-state index in [1.807, 2.05) is 0 Å². The molecule has 0 spiro atoms. The Morgan fingerprint density at radius 1 is 1.25 bits per heavy atom. The van der Waals surface area contributed by atoms with Crippen molar-refractivity contribution in [1.82, 2.24) is 5.32 Å². The van der Waals surface area contributed by atoms with E-state index >= 15 is 0 Å². The standard InChI is InChI=1S/C17H31N3/c1-3-4-5-6-7-13-11(2)10-12-8-9-14-15(12)16(13)20-17(18)19-14/h11-16H,3-10H2,1-2H3,(H3,18,19,20)/p+1/t11-,12+,13+,14+,15-,16-/m1/s1. The molecule has 1 aliphatic heterocycles. The van der Waals surface area contributed by atoms with Gasteiger partial charge in [-0.3, -0.25) is 16.0 Å². The average Bonchev–Trinajstić information content (AvgIpc) is 2.80. The predicted octanol–water partition coefficient (Wildman–Crippen LogP) is 1.37. The van der Waals surface area contributed by atoms with E-state index in [0.717, 1.165) is 29.6 Å². The van der Waals surface area contributed by atoms with Crippen molar-refractivity contribution in [2.75, 3.05) is 0 Å². The minimum atomic E-state index is 0.638. The van der Waals surface area contributed by atoms with Crippen molar-refractivity contribution in [1.29, 1.82) is 0 Å². The van der Waals surface area contributed by atoms with Crippen molar-refractivity contribution in [3.8, 4) is 0 Å². The second kappa shape index (κ2) is 5.95. The first kappa shape index (κ1) is 14.2. The van der Waals surface area contributed by atoms with Crippen LogP contribution in [0.4, 0.5) is 0 Å². The highest BCUT2D eigenvalue weighted by Gasteiger charge is 2.53. The Hall–Kier alpha value is -0.730. The van der Waals surface area contributed by atoms with Crippen molar-refractivity contribution >= 4 is 5.96 Å². The molecule has 0 aromatic carbocycles. The molecular formula is C17H32N3+. The Labute approximate surface area is 123 Å². The first-order valence-corrected chi connectivity index (χ1v) is 8.86. The van der Waals surface area contributed by atoms with Crippen LogP contribution in [-0.4, -0.2) is 18.0 Å². The normalized spacial score (nSPS) is 42.8. The molecule has 3 nitrogen and oxygen atoms in total. The maximum absolute atomic E-state index is 6.10. The van der Waals surface area contributed by atoms with Gasteiger partial charge in [0, 0.05) is 5.92 Å². The zero-order chi connectivity index (χ0) is 14.1. The van der Waals surface area contributed by atoms with Crippen molar-refractivity contribution in [3.05, 3.63) is 0 Å². The van der Waals surface area contributed by atoms with Gasteiger partial charge in [-0.25, -0.2) is 0 Å². The summed E-state index contributed by atoms with van der Waals surface area (Å²) in [6.45, 7) is 4.77. The second-order valence-electron chi connectivity index (χ2n) is 7.48. The summed E-state index contributed by atoms with van der Waals surface area (Å²) in [4.78, 5) is 3.62. The molecule has 3 rings (SSSR count). The molecule has 0 saturated heterocycles. The van der Waals surface area contributed by atoms with Crippen LogP contribution in [0, 0.1) is 23.7 Å².